The molecule has 0 aromatic heterocycles. The van der Waals surface area contributed by atoms with E-state index in [2.05, 4.69) is 0 Å². The maximum atomic E-state index is 12.8. The van der Waals surface area contributed by atoms with Gasteiger partial charge in [0.15, 0.2) is 0 Å². The van der Waals surface area contributed by atoms with Crippen molar-refractivity contribution < 1.29 is 23.9 Å². The Morgan fingerprint density at radius 2 is 1.88 bits per heavy atom. The molecule has 2 rings (SSSR count). The number of hydrogen-bond donors (Lipinski definition) is 0. The van der Waals surface area contributed by atoms with Crippen LogP contribution in [0.25, 0.3) is 0 Å². The molecule has 0 saturated carbocycles. The number of benzene rings is 1. The Morgan fingerprint density at radius 1 is 1.23 bits per heavy atom. The number of nitrogens with zero attached hydrogens (tertiary/aromatic N) is 1. The smallest absolute Gasteiger partial charge is 0.411 e. The van der Waals surface area contributed by atoms with E-state index in [0.717, 1.165) is 11.8 Å². The van der Waals surface area contributed by atoms with Crippen LogP contribution in [0.2, 0.25) is 0 Å². The monoisotopic (exact) mass is 361 g/mol. The number of hydrogen-bond acceptors (Lipinski definition) is 5. The van der Waals surface area contributed by atoms with E-state index in [9.17, 15) is 14.4 Å². The molecule has 1 aromatic rings. The quantitative estimate of drug-likeness (QED) is 0.594. The fourth-order valence-electron chi connectivity index (χ4n) is 3.38. The highest BCUT2D eigenvalue weighted by molar-refractivity contribution is 5.84. The van der Waals surface area contributed by atoms with Crippen molar-refractivity contribution >= 4 is 18.3 Å². The molecule has 1 aliphatic rings. The first-order valence-electron chi connectivity index (χ1n) is 8.95. The first-order valence-corrected chi connectivity index (χ1v) is 8.95. The Balaban J connectivity index is 2.42. The van der Waals surface area contributed by atoms with Crippen LogP contribution in [0.3, 0.4) is 0 Å². The second-order valence-electron chi connectivity index (χ2n) is 7.39. The van der Waals surface area contributed by atoms with Crippen LogP contribution >= 0.6 is 0 Å². The molecule has 0 radical (unpaired) electrons. The number of aldehydes is 1. The van der Waals surface area contributed by atoms with Crippen molar-refractivity contribution in [1.82, 2.24) is 4.90 Å². The normalized spacial score (nSPS) is 22.8. The molecule has 6 nitrogen and oxygen atoms in total. The zero-order valence-corrected chi connectivity index (χ0v) is 15.8. The third-order valence-corrected chi connectivity index (χ3v) is 4.33. The van der Waals surface area contributed by atoms with Gasteiger partial charge in [0.05, 0.1) is 6.61 Å². The Bertz CT molecular complexity index is 637. The predicted molar refractivity (Wildman–Crippen MR) is 96.8 cm³/mol. The summed E-state index contributed by atoms with van der Waals surface area (Å²) in [5.74, 6) is -0.715. The van der Waals surface area contributed by atoms with Crippen LogP contribution in [0.15, 0.2) is 30.3 Å². The van der Waals surface area contributed by atoms with Crippen molar-refractivity contribution in [2.24, 2.45) is 0 Å². The highest BCUT2D eigenvalue weighted by atomic mass is 16.6. The number of ether oxygens (including phenoxy) is 2. The van der Waals surface area contributed by atoms with Crippen LogP contribution in [0.4, 0.5) is 4.79 Å². The van der Waals surface area contributed by atoms with Gasteiger partial charge in [0, 0.05) is 18.4 Å². The van der Waals surface area contributed by atoms with E-state index >= 15 is 0 Å². The molecule has 1 saturated heterocycles. The van der Waals surface area contributed by atoms with Gasteiger partial charge in [0.1, 0.15) is 17.9 Å². The van der Waals surface area contributed by atoms with Gasteiger partial charge in [-0.1, -0.05) is 30.3 Å². The molecule has 26 heavy (non-hydrogen) atoms. The van der Waals surface area contributed by atoms with Crippen molar-refractivity contribution in [3.63, 3.8) is 0 Å². The van der Waals surface area contributed by atoms with Crippen LogP contribution < -0.4 is 0 Å². The van der Waals surface area contributed by atoms with Crippen molar-refractivity contribution in [3.05, 3.63) is 35.9 Å². The summed E-state index contributed by atoms with van der Waals surface area (Å²) in [7, 11) is 0. The van der Waals surface area contributed by atoms with E-state index in [4.69, 9.17) is 9.47 Å². The van der Waals surface area contributed by atoms with E-state index in [-0.39, 0.29) is 18.9 Å². The Labute approximate surface area is 154 Å². The predicted octanol–water partition coefficient (Wildman–Crippen LogP) is 3.30. The van der Waals surface area contributed by atoms with Gasteiger partial charge in [-0.3, -0.25) is 4.90 Å². The molecular weight excluding hydrogens is 334 g/mol. The minimum absolute atomic E-state index is 0.151. The third kappa shape index (κ3) is 4.62. The Hall–Kier alpha value is -2.37. The molecule has 0 N–H and O–H groups in total. The van der Waals surface area contributed by atoms with Gasteiger partial charge < -0.3 is 14.3 Å². The molecule has 1 heterocycles. The van der Waals surface area contributed by atoms with Crippen molar-refractivity contribution in [3.8, 4) is 0 Å². The lowest BCUT2D eigenvalue weighted by Gasteiger charge is -2.32. The number of esters is 1. The van der Waals surface area contributed by atoms with Gasteiger partial charge in [0.25, 0.3) is 0 Å². The zero-order chi connectivity index (χ0) is 19.3. The fraction of sp³-hybridized carbons (Fsp3) is 0.550. The van der Waals surface area contributed by atoms with E-state index in [0.29, 0.717) is 6.42 Å². The van der Waals surface area contributed by atoms with Crippen LogP contribution in [0.5, 0.6) is 0 Å². The molecule has 1 amide bonds. The molecule has 0 spiro atoms. The Kier molecular flexibility index (Phi) is 6.40. The standard InChI is InChI=1S/C20H27NO5/c1-5-25-18(23)17-16(14-9-7-6-8-10-14)13-15(11-12-22)21(17)19(24)26-20(2,3)4/h6-10,12,15-17H,5,11,13H2,1-4H3/t15-,16+,17-/m0/s1. The van der Waals surface area contributed by atoms with Crippen molar-refractivity contribution in [2.45, 2.75) is 64.1 Å². The molecule has 6 heteroatoms. The summed E-state index contributed by atoms with van der Waals surface area (Å²) in [6.07, 6.45) is 0.836. The van der Waals surface area contributed by atoms with E-state index in [1.807, 2.05) is 30.3 Å². The third-order valence-electron chi connectivity index (χ3n) is 4.33. The lowest BCUT2D eigenvalue weighted by molar-refractivity contribution is -0.149. The lowest BCUT2D eigenvalue weighted by Crippen LogP contribution is -2.49. The average Bonchev–Trinajstić information content (AvgIpc) is 2.94. The van der Waals surface area contributed by atoms with E-state index < -0.39 is 29.7 Å². The van der Waals surface area contributed by atoms with Gasteiger partial charge >= 0.3 is 12.1 Å². The summed E-state index contributed by atoms with van der Waals surface area (Å²) >= 11 is 0. The minimum atomic E-state index is -0.808. The Morgan fingerprint density at radius 3 is 2.42 bits per heavy atom. The number of amides is 1. The first-order chi connectivity index (χ1) is 12.3. The van der Waals surface area contributed by atoms with Gasteiger partial charge in [-0.05, 0) is 39.7 Å². The minimum Gasteiger partial charge on any atom is -0.464 e. The van der Waals surface area contributed by atoms with E-state index in [1.165, 1.54) is 4.90 Å². The number of rotatable bonds is 5. The lowest BCUT2D eigenvalue weighted by atomic mass is 9.90. The summed E-state index contributed by atoms with van der Waals surface area (Å²) in [5, 5.41) is 0. The molecule has 3 atom stereocenters. The molecule has 0 bridgehead atoms. The highest BCUT2D eigenvalue weighted by Gasteiger charge is 2.50. The number of carbonyl (C=O) groups is 3. The number of likely N-dealkylation sites (tertiary alicyclic amines) is 1. The van der Waals surface area contributed by atoms with E-state index in [1.54, 1.807) is 27.7 Å². The largest absolute Gasteiger partial charge is 0.464 e. The second kappa shape index (κ2) is 8.34. The van der Waals surface area contributed by atoms with Crippen LogP contribution in [-0.4, -0.2) is 47.5 Å². The maximum absolute atomic E-state index is 12.8. The van der Waals surface area contributed by atoms with Crippen LogP contribution in [0, 0.1) is 0 Å². The molecule has 1 fully saturated rings. The molecule has 142 valence electrons. The fourth-order valence-corrected chi connectivity index (χ4v) is 3.38. The molecule has 1 aromatic carbocycles. The van der Waals surface area contributed by atoms with Crippen LogP contribution in [0.1, 0.15) is 52.0 Å². The average molecular weight is 361 g/mol. The van der Waals surface area contributed by atoms with Gasteiger partial charge in [-0.15, -0.1) is 0 Å². The van der Waals surface area contributed by atoms with Crippen molar-refractivity contribution in [1.29, 1.82) is 0 Å². The first kappa shape index (κ1) is 19.9. The topological polar surface area (TPSA) is 72.9 Å². The molecule has 1 aliphatic heterocycles. The molecule has 0 aliphatic carbocycles. The number of carbonyl (C=O) groups excluding carboxylic acids is 3. The zero-order valence-electron chi connectivity index (χ0n) is 15.8. The van der Waals surface area contributed by atoms with Crippen molar-refractivity contribution in [2.75, 3.05) is 6.61 Å². The summed E-state index contributed by atoms with van der Waals surface area (Å²) in [6.45, 7) is 7.25. The van der Waals surface area contributed by atoms with Crippen LogP contribution in [-0.2, 0) is 19.1 Å². The summed E-state index contributed by atoms with van der Waals surface area (Å²) in [6, 6.07) is 8.32. The molecule has 0 unspecified atom stereocenters. The molecular formula is C20H27NO5. The second-order valence-corrected chi connectivity index (χ2v) is 7.39. The summed E-state index contributed by atoms with van der Waals surface area (Å²) < 4.78 is 10.7. The van der Waals surface area contributed by atoms with Gasteiger partial charge in [0.2, 0.25) is 0 Å². The van der Waals surface area contributed by atoms with Gasteiger partial charge in [-0.25, -0.2) is 9.59 Å². The highest BCUT2D eigenvalue weighted by Crippen LogP contribution is 2.40. The summed E-state index contributed by atoms with van der Waals surface area (Å²) in [5.41, 5.74) is 0.236. The summed E-state index contributed by atoms with van der Waals surface area (Å²) in [4.78, 5) is 38.1. The maximum Gasteiger partial charge on any atom is 0.411 e. The van der Waals surface area contributed by atoms with Gasteiger partial charge in [-0.2, -0.15) is 0 Å². The SMILES string of the molecule is CCOC(=O)[C@@H]1[C@@H](c2ccccc2)C[C@H](CC=O)N1C(=O)OC(C)(C)C.